The second-order valence-electron chi connectivity index (χ2n) is 9.63. The third-order valence-electron chi connectivity index (χ3n) is 7.57. The summed E-state index contributed by atoms with van der Waals surface area (Å²) in [5.41, 5.74) is 9.28. The van der Waals surface area contributed by atoms with E-state index in [-0.39, 0.29) is 0 Å². The van der Waals surface area contributed by atoms with Crippen LogP contribution in [0.25, 0.3) is 66.2 Å². The molecule has 5 aromatic carbocycles. The summed E-state index contributed by atoms with van der Waals surface area (Å²) in [7, 11) is 0. The Morgan fingerprint density at radius 2 is 0.921 bits per heavy atom. The van der Waals surface area contributed by atoms with Gasteiger partial charge in [-0.2, -0.15) is 0 Å². The Labute approximate surface area is 219 Å². The number of benzene rings is 5. The highest BCUT2D eigenvalue weighted by molar-refractivity contribution is 6.21. The van der Waals surface area contributed by atoms with Gasteiger partial charge in [-0.1, -0.05) is 78.9 Å². The molecule has 0 aliphatic heterocycles. The third kappa shape index (κ3) is 2.93. The van der Waals surface area contributed by atoms with E-state index in [2.05, 4.69) is 137 Å². The smallest absolute Gasteiger partial charge is 0.145 e. The van der Waals surface area contributed by atoms with Gasteiger partial charge in [-0.25, -0.2) is 4.98 Å². The molecule has 0 aliphatic carbocycles. The molecule has 3 aromatic heterocycles. The lowest BCUT2D eigenvalue weighted by Crippen LogP contribution is -1.94. The maximum Gasteiger partial charge on any atom is 0.145 e. The maximum atomic E-state index is 4.84. The lowest BCUT2D eigenvalue weighted by Gasteiger charge is -2.10. The van der Waals surface area contributed by atoms with Crippen LogP contribution in [-0.4, -0.2) is 14.1 Å². The third-order valence-corrected chi connectivity index (χ3v) is 7.57. The summed E-state index contributed by atoms with van der Waals surface area (Å²) in [6.07, 6.45) is 1.88. The van der Waals surface area contributed by atoms with Crippen LogP contribution in [0.3, 0.4) is 0 Å². The summed E-state index contributed by atoms with van der Waals surface area (Å²) in [5.74, 6) is 0. The molecule has 3 nitrogen and oxygen atoms in total. The first kappa shape index (κ1) is 21.0. The van der Waals surface area contributed by atoms with Gasteiger partial charge < -0.3 is 4.57 Å². The van der Waals surface area contributed by atoms with E-state index in [0.717, 1.165) is 22.2 Å². The molecule has 0 fully saturated rings. The van der Waals surface area contributed by atoms with Crippen LogP contribution in [0.1, 0.15) is 0 Å². The largest absolute Gasteiger partial charge is 0.309 e. The Morgan fingerprint density at radius 1 is 0.395 bits per heavy atom. The van der Waals surface area contributed by atoms with Gasteiger partial charge >= 0.3 is 0 Å². The van der Waals surface area contributed by atoms with E-state index in [4.69, 9.17) is 4.98 Å². The summed E-state index contributed by atoms with van der Waals surface area (Å²) in [6.45, 7) is 0. The number of rotatable bonds is 3. The fraction of sp³-hybridized carbons (Fsp3) is 0. The van der Waals surface area contributed by atoms with E-state index < -0.39 is 0 Å². The van der Waals surface area contributed by atoms with Crippen molar-refractivity contribution in [2.24, 2.45) is 0 Å². The minimum atomic E-state index is 0.972. The zero-order valence-electron chi connectivity index (χ0n) is 20.6. The molecule has 8 aromatic rings. The second kappa shape index (κ2) is 8.19. The minimum Gasteiger partial charge on any atom is -0.309 e. The minimum absolute atomic E-state index is 0.972. The van der Waals surface area contributed by atoms with Gasteiger partial charge in [-0.3, -0.25) is 4.57 Å². The zero-order valence-corrected chi connectivity index (χ0v) is 20.6. The Kier molecular flexibility index (Phi) is 4.52. The predicted octanol–water partition coefficient (Wildman–Crippen LogP) is 8.94. The molecule has 0 unspecified atom stereocenters. The summed E-state index contributed by atoms with van der Waals surface area (Å²) < 4.78 is 4.66. The summed E-state index contributed by atoms with van der Waals surface area (Å²) in [5, 5.41) is 4.90. The number of aromatic nitrogens is 3. The normalized spacial score (nSPS) is 11.7. The number of pyridine rings is 1. The van der Waals surface area contributed by atoms with Gasteiger partial charge in [0.05, 0.1) is 16.6 Å². The summed E-state index contributed by atoms with van der Waals surface area (Å²) >= 11 is 0. The van der Waals surface area contributed by atoms with Crippen molar-refractivity contribution in [1.29, 1.82) is 0 Å². The van der Waals surface area contributed by atoms with Crippen LogP contribution >= 0.6 is 0 Å². The van der Waals surface area contributed by atoms with E-state index in [1.54, 1.807) is 0 Å². The van der Waals surface area contributed by atoms with Crippen LogP contribution in [0.4, 0.5) is 0 Å². The van der Waals surface area contributed by atoms with Gasteiger partial charge in [-0.05, 0) is 65.7 Å². The van der Waals surface area contributed by atoms with Crippen LogP contribution in [-0.2, 0) is 0 Å². The molecule has 0 saturated carbocycles. The molecule has 0 aliphatic rings. The molecule has 178 valence electrons. The van der Waals surface area contributed by atoms with Crippen molar-refractivity contribution in [3.05, 3.63) is 140 Å². The van der Waals surface area contributed by atoms with E-state index in [9.17, 15) is 0 Å². The number of nitrogens with zero attached hydrogens (tertiary/aromatic N) is 3. The van der Waals surface area contributed by atoms with E-state index in [1.807, 2.05) is 12.3 Å². The maximum absolute atomic E-state index is 4.84. The highest BCUT2D eigenvalue weighted by atomic mass is 15.0. The van der Waals surface area contributed by atoms with Gasteiger partial charge in [0.15, 0.2) is 0 Å². The van der Waals surface area contributed by atoms with E-state index >= 15 is 0 Å². The van der Waals surface area contributed by atoms with Crippen molar-refractivity contribution in [2.75, 3.05) is 0 Å². The van der Waals surface area contributed by atoms with Crippen LogP contribution in [0.15, 0.2) is 140 Å². The average molecular weight is 486 g/mol. The van der Waals surface area contributed by atoms with Crippen molar-refractivity contribution in [1.82, 2.24) is 14.1 Å². The lowest BCUT2D eigenvalue weighted by atomic mass is 9.95. The Balaban J connectivity index is 1.52. The van der Waals surface area contributed by atoms with Gasteiger partial charge in [0, 0.05) is 39.1 Å². The first-order chi connectivity index (χ1) is 18.9. The Morgan fingerprint density at radius 3 is 1.63 bits per heavy atom. The van der Waals surface area contributed by atoms with Crippen molar-refractivity contribution < 1.29 is 0 Å². The summed E-state index contributed by atoms with van der Waals surface area (Å²) in [6, 6.07) is 47.4. The molecular formula is C35H23N3. The molecule has 3 heteroatoms. The predicted molar refractivity (Wildman–Crippen MR) is 158 cm³/mol. The van der Waals surface area contributed by atoms with Gasteiger partial charge in [0.25, 0.3) is 0 Å². The van der Waals surface area contributed by atoms with Crippen LogP contribution in [0.2, 0.25) is 0 Å². The number of fused-ring (bicyclic) bond motifs is 6. The molecule has 38 heavy (non-hydrogen) atoms. The quantitative estimate of drug-likeness (QED) is 0.245. The van der Waals surface area contributed by atoms with Crippen molar-refractivity contribution in [3.63, 3.8) is 0 Å². The number of hydrogen-bond acceptors (Lipinski definition) is 1. The van der Waals surface area contributed by atoms with E-state index in [0.29, 0.717) is 0 Å². The van der Waals surface area contributed by atoms with Gasteiger partial charge in [-0.15, -0.1) is 0 Å². The summed E-state index contributed by atoms with van der Waals surface area (Å²) in [4.78, 5) is 4.84. The highest BCUT2D eigenvalue weighted by Crippen LogP contribution is 2.43. The van der Waals surface area contributed by atoms with Crippen LogP contribution in [0.5, 0.6) is 0 Å². The fourth-order valence-corrected chi connectivity index (χ4v) is 6.06. The van der Waals surface area contributed by atoms with Crippen molar-refractivity contribution in [2.45, 2.75) is 0 Å². The molecule has 0 amide bonds. The molecule has 8 rings (SSSR count). The van der Waals surface area contributed by atoms with Gasteiger partial charge in [0.2, 0.25) is 0 Å². The molecule has 0 radical (unpaired) electrons. The topological polar surface area (TPSA) is 22.8 Å². The lowest BCUT2D eigenvalue weighted by molar-refractivity contribution is 1.14. The van der Waals surface area contributed by atoms with Crippen LogP contribution < -0.4 is 0 Å². The van der Waals surface area contributed by atoms with Crippen LogP contribution in [0, 0.1) is 0 Å². The van der Waals surface area contributed by atoms with E-state index in [1.165, 1.54) is 44.0 Å². The number of hydrogen-bond donors (Lipinski definition) is 0. The second-order valence-corrected chi connectivity index (χ2v) is 9.63. The van der Waals surface area contributed by atoms with Gasteiger partial charge in [0.1, 0.15) is 5.65 Å². The molecular weight excluding hydrogens is 462 g/mol. The zero-order chi connectivity index (χ0) is 25.1. The molecule has 0 bridgehead atoms. The first-order valence-electron chi connectivity index (χ1n) is 12.9. The first-order valence-corrected chi connectivity index (χ1v) is 12.9. The molecule has 0 saturated heterocycles. The number of para-hydroxylation sites is 3. The standard InChI is InChI=1S/C35H23N3/c1-3-12-24(13-4-1)37-30-20-8-7-16-28(30)33-26(17-9-21-31(33)37)27-18-10-22-32-34(27)29-19-11-23-36-35(29)38(32)25-14-5-2-6-15-25/h1-23H. The Bertz CT molecular complexity index is 1960. The monoisotopic (exact) mass is 485 g/mol. The van der Waals surface area contributed by atoms with Crippen molar-refractivity contribution in [3.8, 4) is 22.5 Å². The molecule has 3 heterocycles. The Hall–Kier alpha value is -5.15. The molecule has 0 spiro atoms. The fourth-order valence-electron chi connectivity index (χ4n) is 6.06. The molecule has 0 atom stereocenters. The molecule has 0 N–H and O–H groups in total. The average Bonchev–Trinajstić information content (AvgIpc) is 3.51. The van der Waals surface area contributed by atoms with Crippen molar-refractivity contribution >= 4 is 43.7 Å². The highest BCUT2D eigenvalue weighted by Gasteiger charge is 2.20. The SMILES string of the molecule is c1ccc(-n2c3ccccc3c3c(-c4cccc5c4c4cccnc4n5-c4ccccc4)cccc32)cc1.